The summed E-state index contributed by atoms with van der Waals surface area (Å²) in [7, 11) is 0. The predicted octanol–water partition coefficient (Wildman–Crippen LogP) is 5.71. The minimum Gasteiger partial charge on any atom is -0.291 e. The zero-order chi connectivity index (χ0) is 17.3. The smallest absolute Gasteiger partial charge is 0.0240 e. The molecule has 0 aromatic heterocycles. The van der Waals surface area contributed by atoms with Gasteiger partial charge in [0.2, 0.25) is 0 Å². The summed E-state index contributed by atoms with van der Waals surface area (Å²) in [6.07, 6.45) is 4.48. The van der Waals surface area contributed by atoms with Gasteiger partial charge in [-0.15, -0.1) is 0 Å². The molecule has 1 heteroatoms. The SMILES string of the molecule is Cc1cccc(/C=C/CN(Cc2ccccc2)Cc2ccccc2)c1. The van der Waals surface area contributed by atoms with E-state index in [2.05, 4.69) is 109 Å². The number of aryl methyl sites for hydroxylation is 1. The van der Waals surface area contributed by atoms with Gasteiger partial charge in [-0.2, -0.15) is 0 Å². The van der Waals surface area contributed by atoms with Crippen LogP contribution in [-0.4, -0.2) is 11.4 Å². The molecule has 0 heterocycles. The monoisotopic (exact) mass is 327 g/mol. The summed E-state index contributed by atoms with van der Waals surface area (Å²) >= 11 is 0. The molecule has 0 radical (unpaired) electrons. The van der Waals surface area contributed by atoms with Crippen LogP contribution in [0, 0.1) is 6.92 Å². The first-order valence-corrected chi connectivity index (χ1v) is 8.83. The predicted molar refractivity (Wildman–Crippen MR) is 107 cm³/mol. The van der Waals surface area contributed by atoms with Crippen molar-refractivity contribution in [2.75, 3.05) is 6.54 Å². The third kappa shape index (κ3) is 5.74. The first-order chi connectivity index (χ1) is 12.3. The molecule has 0 saturated heterocycles. The van der Waals surface area contributed by atoms with Crippen LogP contribution >= 0.6 is 0 Å². The fourth-order valence-corrected chi connectivity index (χ4v) is 2.98. The van der Waals surface area contributed by atoms with E-state index < -0.39 is 0 Å². The van der Waals surface area contributed by atoms with Crippen molar-refractivity contribution in [3.8, 4) is 0 Å². The van der Waals surface area contributed by atoms with E-state index in [0.717, 1.165) is 19.6 Å². The maximum Gasteiger partial charge on any atom is 0.0240 e. The normalized spacial score (nSPS) is 11.3. The van der Waals surface area contributed by atoms with E-state index in [1.54, 1.807) is 0 Å². The number of benzene rings is 3. The Labute approximate surface area is 151 Å². The lowest BCUT2D eigenvalue weighted by molar-refractivity contribution is 0.286. The molecule has 3 aromatic rings. The third-order valence-corrected chi connectivity index (χ3v) is 4.21. The lowest BCUT2D eigenvalue weighted by Gasteiger charge is -2.21. The molecule has 25 heavy (non-hydrogen) atoms. The van der Waals surface area contributed by atoms with Gasteiger partial charge in [-0.1, -0.05) is 103 Å². The second-order valence-corrected chi connectivity index (χ2v) is 6.46. The van der Waals surface area contributed by atoms with Gasteiger partial charge in [0.25, 0.3) is 0 Å². The summed E-state index contributed by atoms with van der Waals surface area (Å²) in [5.74, 6) is 0. The molecule has 1 nitrogen and oxygen atoms in total. The van der Waals surface area contributed by atoms with E-state index in [1.807, 2.05) is 0 Å². The average molecular weight is 327 g/mol. The van der Waals surface area contributed by atoms with E-state index in [0.29, 0.717) is 0 Å². The average Bonchev–Trinajstić information content (AvgIpc) is 2.63. The minimum atomic E-state index is 0.928. The molecule has 0 aliphatic heterocycles. The van der Waals surface area contributed by atoms with Crippen LogP contribution in [0.25, 0.3) is 6.08 Å². The molecule has 0 atom stereocenters. The standard InChI is InChI=1S/C24H25N/c1-21-10-8-15-22(18-21)16-9-17-25(19-23-11-4-2-5-12-23)20-24-13-6-3-7-14-24/h2-16,18H,17,19-20H2,1H3/b16-9+. The van der Waals surface area contributed by atoms with E-state index >= 15 is 0 Å². The number of hydrogen-bond acceptors (Lipinski definition) is 1. The highest BCUT2D eigenvalue weighted by Crippen LogP contribution is 2.11. The van der Waals surface area contributed by atoms with Crippen LogP contribution in [0.2, 0.25) is 0 Å². The van der Waals surface area contributed by atoms with E-state index in [1.165, 1.54) is 22.3 Å². The fraction of sp³-hybridized carbons (Fsp3) is 0.167. The largest absolute Gasteiger partial charge is 0.291 e. The Morgan fingerprint density at radius 3 is 1.88 bits per heavy atom. The Balaban J connectivity index is 1.69. The molecule has 0 aliphatic rings. The van der Waals surface area contributed by atoms with Gasteiger partial charge in [-0.05, 0) is 23.6 Å². The number of rotatable bonds is 7. The molecule has 0 aliphatic carbocycles. The summed E-state index contributed by atoms with van der Waals surface area (Å²) in [6, 6.07) is 30.0. The second-order valence-electron chi connectivity index (χ2n) is 6.46. The molecule has 0 N–H and O–H groups in total. The van der Waals surface area contributed by atoms with Crippen LogP contribution < -0.4 is 0 Å². The summed E-state index contributed by atoms with van der Waals surface area (Å²) < 4.78 is 0. The third-order valence-electron chi connectivity index (χ3n) is 4.21. The zero-order valence-corrected chi connectivity index (χ0v) is 14.8. The Morgan fingerprint density at radius 2 is 1.32 bits per heavy atom. The molecule has 0 unspecified atom stereocenters. The first-order valence-electron chi connectivity index (χ1n) is 8.83. The van der Waals surface area contributed by atoms with Crippen molar-refractivity contribution in [1.29, 1.82) is 0 Å². The highest BCUT2D eigenvalue weighted by molar-refractivity contribution is 5.50. The van der Waals surface area contributed by atoms with Crippen molar-refractivity contribution in [1.82, 2.24) is 4.90 Å². The molecular formula is C24H25N. The van der Waals surface area contributed by atoms with Crippen LogP contribution in [-0.2, 0) is 13.1 Å². The van der Waals surface area contributed by atoms with Crippen molar-refractivity contribution in [2.45, 2.75) is 20.0 Å². The Bertz CT molecular complexity index is 749. The quantitative estimate of drug-likeness (QED) is 0.537. The topological polar surface area (TPSA) is 3.24 Å². The first kappa shape index (κ1) is 17.2. The summed E-state index contributed by atoms with van der Waals surface area (Å²) in [5.41, 5.74) is 5.26. The molecule has 3 aromatic carbocycles. The molecule has 0 spiro atoms. The van der Waals surface area contributed by atoms with Crippen LogP contribution in [0.4, 0.5) is 0 Å². The molecular weight excluding hydrogens is 302 g/mol. The van der Waals surface area contributed by atoms with Crippen molar-refractivity contribution < 1.29 is 0 Å². The highest BCUT2D eigenvalue weighted by Gasteiger charge is 2.05. The fourth-order valence-electron chi connectivity index (χ4n) is 2.98. The van der Waals surface area contributed by atoms with Gasteiger partial charge in [0.1, 0.15) is 0 Å². The second kappa shape index (κ2) is 9.00. The maximum atomic E-state index is 2.47. The van der Waals surface area contributed by atoms with Crippen molar-refractivity contribution in [3.63, 3.8) is 0 Å². The minimum absolute atomic E-state index is 0.928. The van der Waals surface area contributed by atoms with Gasteiger partial charge in [-0.25, -0.2) is 0 Å². The molecule has 126 valence electrons. The summed E-state index contributed by atoms with van der Waals surface area (Å²) in [4.78, 5) is 2.47. The summed E-state index contributed by atoms with van der Waals surface area (Å²) in [5, 5.41) is 0. The van der Waals surface area contributed by atoms with Gasteiger partial charge >= 0.3 is 0 Å². The lowest BCUT2D eigenvalue weighted by Crippen LogP contribution is -2.22. The Kier molecular flexibility index (Phi) is 6.19. The van der Waals surface area contributed by atoms with Gasteiger partial charge in [0.15, 0.2) is 0 Å². The Hall–Kier alpha value is -2.64. The van der Waals surface area contributed by atoms with Crippen molar-refractivity contribution >= 4 is 6.08 Å². The van der Waals surface area contributed by atoms with Crippen LogP contribution in [0.5, 0.6) is 0 Å². The molecule has 0 amide bonds. The van der Waals surface area contributed by atoms with Crippen LogP contribution in [0.3, 0.4) is 0 Å². The summed E-state index contributed by atoms with van der Waals surface area (Å²) in [6.45, 7) is 4.97. The van der Waals surface area contributed by atoms with Gasteiger partial charge in [0, 0.05) is 19.6 Å². The van der Waals surface area contributed by atoms with Gasteiger partial charge < -0.3 is 0 Å². The number of hydrogen-bond donors (Lipinski definition) is 0. The van der Waals surface area contributed by atoms with Gasteiger partial charge in [-0.3, -0.25) is 4.90 Å². The maximum absolute atomic E-state index is 2.47. The molecule has 0 bridgehead atoms. The molecule has 3 rings (SSSR count). The van der Waals surface area contributed by atoms with E-state index in [9.17, 15) is 0 Å². The van der Waals surface area contributed by atoms with Crippen LogP contribution in [0.15, 0.2) is 91.0 Å². The van der Waals surface area contributed by atoms with E-state index in [-0.39, 0.29) is 0 Å². The van der Waals surface area contributed by atoms with E-state index in [4.69, 9.17) is 0 Å². The molecule has 0 saturated carbocycles. The Morgan fingerprint density at radius 1 is 0.720 bits per heavy atom. The number of nitrogens with zero attached hydrogens (tertiary/aromatic N) is 1. The lowest BCUT2D eigenvalue weighted by atomic mass is 10.1. The van der Waals surface area contributed by atoms with Crippen molar-refractivity contribution in [2.24, 2.45) is 0 Å². The van der Waals surface area contributed by atoms with Gasteiger partial charge in [0.05, 0.1) is 0 Å². The van der Waals surface area contributed by atoms with Crippen molar-refractivity contribution in [3.05, 3.63) is 113 Å². The zero-order valence-electron chi connectivity index (χ0n) is 14.8. The van der Waals surface area contributed by atoms with Crippen LogP contribution in [0.1, 0.15) is 22.3 Å². The highest BCUT2D eigenvalue weighted by atomic mass is 15.1. The molecule has 0 fully saturated rings.